The van der Waals surface area contributed by atoms with Gasteiger partial charge in [0.15, 0.2) is 0 Å². The molecular weight excluding hydrogens is 200 g/mol. The highest BCUT2D eigenvalue weighted by molar-refractivity contribution is 5.32. The van der Waals surface area contributed by atoms with E-state index in [9.17, 15) is 0 Å². The molecule has 1 fully saturated rings. The van der Waals surface area contributed by atoms with Gasteiger partial charge in [-0.15, -0.1) is 0 Å². The Hall–Kier alpha value is -1.37. The monoisotopic (exact) mass is 216 g/mol. The van der Waals surface area contributed by atoms with E-state index in [2.05, 4.69) is 11.4 Å². The summed E-state index contributed by atoms with van der Waals surface area (Å²) in [5.74, 6) is 0. The molecule has 3 nitrogen and oxygen atoms in total. The van der Waals surface area contributed by atoms with Gasteiger partial charge in [0.05, 0.1) is 24.8 Å². The van der Waals surface area contributed by atoms with E-state index in [-0.39, 0.29) is 0 Å². The summed E-state index contributed by atoms with van der Waals surface area (Å²) in [6, 6.07) is 10.2. The smallest absolute Gasteiger partial charge is 0.0991 e. The van der Waals surface area contributed by atoms with Crippen LogP contribution in [0.1, 0.15) is 24.0 Å². The summed E-state index contributed by atoms with van der Waals surface area (Å²) in [5, 5.41) is 12.1. The van der Waals surface area contributed by atoms with Gasteiger partial charge in [0.25, 0.3) is 0 Å². The van der Waals surface area contributed by atoms with Crippen LogP contribution >= 0.6 is 0 Å². The van der Waals surface area contributed by atoms with Gasteiger partial charge in [-0.05, 0) is 37.1 Å². The molecule has 2 rings (SSSR count). The second-order valence-corrected chi connectivity index (χ2v) is 4.12. The molecule has 0 aromatic heterocycles. The molecule has 1 heterocycles. The Kier molecular flexibility index (Phi) is 3.92. The summed E-state index contributed by atoms with van der Waals surface area (Å²) in [4.78, 5) is 0. The number of ether oxygens (including phenoxy) is 1. The van der Waals surface area contributed by atoms with Crippen molar-refractivity contribution in [2.45, 2.75) is 25.5 Å². The van der Waals surface area contributed by atoms with Crippen molar-refractivity contribution in [3.05, 3.63) is 35.4 Å². The highest BCUT2D eigenvalue weighted by Crippen LogP contribution is 2.08. The van der Waals surface area contributed by atoms with Crippen molar-refractivity contribution >= 4 is 0 Å². The van der Waals surface area contributed by atoms with E-state index >= 15 is 0 Å². The quantitative estimate of drug-likeness (QED) is 0.835. The molecule has 1 aliphatic heterocycles. The van der Waals surface area contributed by atoms with Crippen LogP contribution in [0.3, 0.4) is 0 Å². The molecule has 1 aromatic rings. The van der Waals surface area contributed by atoms with Crippen molar-refractivity contribution in [2.24, 2.45) is 0 Å². The van der Waals surface area contributed by atoms with Crippen molar-refractivity contribution in [3.8, 4) is 6.07 Å². The van der Waals surface area contributed by atoms with Crippen LogP contribution in [0.5, 0.6) is 0 Å². The second-order valence-electron chi connectivity index (χ2n) is 4.12. The predicted octanol–water partition coefficient (Wildman–Crippen LogP) is 1.83. The Balaban J connectivity index is 1.78. The van der Waals surface area contributed by atoms with E-state index in [0.717, 1.165) is 18.7 Å². The molecule has 0 bridgehead atoms. The largest absolute Gasteiger partial charge is 0.375 e. The maximum absolute atomic E-state index is 8.76. The number of hydrogen-bond donors (Lipinski definition) is 1. The van der Waals surface area contributed by atoms with Gasteiger partial charge < -0.3 is 10.1 Å². The molecule has 1 saturated heterocycles. The Bertz CT molecular complexity index is 378. The third-order valence-corrected chi connectivity index (χ3v) is 2.81. The summed E-state index contributed by atoms with van der Waals surface area (Å²) >= 11 is 0. The fourth-order valence-corrected chi connectivity index (χ4v) is 1.95. The first kappa shape index (κ1) is 11.1. The minimum Gasteiger partial charge on any atom is -0.375 e. The van der Waals surface area contributed by atoms with Crippen LogP contribution in [0, 0.1) is 11.3 Å². The van der Waals surface area contributed by atoms with Crippen LogP contribution in [0.2, 0.25) is 0 Å². The van der Waals surface area contributed by atoms with Crippen LogP contribution in [-0.4, -0.2) is 19.2 Å². The Labute approximate surface area is 96.0 Å². The van der Waals surface area contributed by atoms with Crippen molar-refractivity contribution < 1.29 is 4.74 Å². The standard InChI is InChI=1S/C13H16N2O/c14-8-11-3-1-4-12(7-11)9-16-10-13-5-2-6-15-13/h1,3-4,7,13,15H,2,5-6,9-10H2. The third kappa shape index (κ3) is 3.06. The highest BCUT2D eigenvalue weighted by Gasteiger charge is 2.13. The molecule has 1 aliphatic rings. The van der Waals surface area contributed by atoms with E-state index in [0.29, 0.717) is 18.2 Å². The van der Waals surface area contributed by atoms with Crippen LogP contribution in [0.25, 0.3) is 0 Å². The van der Waals surface area contributed by atoms with Crippen LogP contribution < -0.4 is 5.32 Å². The molecule has 0 saturated carbocycles. The van der Waals surface area contributed by atoms with Crippen molar-refractivity contribution in [2.75, 3.05) is 13.2 Å². The van der Waals surface area contributed by atoms with E-state index in [1.54, 1.807) is 0 Å². The lowest BCUT2D eigenvalue weighted by Gasteiger charge is -2.10. The summed E-state index contributed by atoms with van der Waals surface area (Å²) in [7, 11) is 0. The van der Waals surface area contributed by atoms with Gasteiger partial charge in [0.2, 0.25) is 0 Å². The van der Waals surface area contributed by atoms with Gasteiger partial charge in [-0.1, -0.05) is 12.1 Å². The van der Waals surface area contributed by atoms with E-state index in [1.165, 1.54) is 12.8 Å². The summed E-state index contributed by atoms with van der Waals surface area (Å²) in [6.07, 6.45) is 2.45. The van der Waals surface area contributed by atoms with Crippen molar-refractivity contribution in [1.82, 2.24) is 5.32 Å². The molecular formula is C13H16N2O. The lowest BCUT2D eigenvalue weighted by Crippen LogP contribution is -2.26. The predicted molar refractivity (Wildman–Crippen MR) is 61.8 cm³/mol. The number of nitrogens with one attached hydrogen (secondary N) is 1. The van der Waals surface area contributed by atoms with Crippen LogP contribution in [0.15, 0.2) is 24.3 Å². The molecule has 84 valence electrons. The van der Waals surface area contributed by atoms with E-state index < -0.39 is 0 Å². The van der Waals surface area contributed by atoms with Gasteiger partial charge in [0, 0.05) is 6.04 Å². The lowest BCUT2D eigenvalue weighted by atomic mass is 10.1. The first-order valence-electron chi connectivity index (χ1n) is 5.68. The zero-order valence-electron chi connectivity index (χ0n) is 9.28. The van der Waals surface area contributed by atoms with Gasteiger partial charge in [-0.3, -0.25) is 0 Å². The number of benzene rings is 1. The van der Waals surface area contributed by atoms with Crippen molar-refractivity contribution in [3.63, 3.8) is 0 Å². The van der Waals surface area contributed by atoms with Gasteiger partial charge >= 0.3 is 0 Å². The number of rotatable bonds is 4. The molecule has 1 N–H and O–H groups in total. The van der Waals surface area contributed by atoms with Gasteiger partial charge in [0.1, 0.15) is 0 Å². The van der Waals surface area contributed by atoms with Crippen molar-refractivity contribution in [1.29, 1.82) is 5.26 Å². The number of nitrogens with zero attached hydrogens (tertiary/aromatic N) is 1. The Morgan fingerprint density at radius 2 is 2.44 bits per heavy atom. The Morgan fingerprint density at radius 1 is 1.50 bits per heavy atom. The zero-order chi connectivity index (χ0) is 11.2. The fourth-order valence-electron chi connectivity index (χ4n) is 1.95. The third-order valence-electron chi connectivity index (χ3n) is 2.81. The highest BCUT2D eigenvalue weighted by atomic mass is 16.5. The summed E-state index contributed by atoms with van der Waals surface area (Å²) in [5.41, 5.74) is 1.76. The normalized spacial score (nSPS) is 19.6. The van der Waals surface area contributed by atoms with Gasteiger partial charge in [-0.2, -0.15) is 5.26 Å². The summed E-state index contributed by atoms with van der Waals surface area (Å²) in [6.45, 7) is 2.46. The molecule has 3 heteroatoms. The molecule has 1 unspecified atom stereocenters. The minimum atomic E-state index is 0.513. The number of nitriles is 1. The molecule has 0 radical (unpaired) electrons. The molecule has 0 amide bonds. The van der Waals surface area contributed by atoms with E-state index in [1.807, 2.05) is 24.3 Å². The average molecular weight is 216 g/mol. The summed E-state index contributed by atoms with van der Waals surface area (Å²) < 4.78 is 5.63. The second kappa shape index (κ2) is 5.64. The lowest BCUT2D eigenvalue weighted by molar-refractivity contribution is 0.103. The van der Waals surface area contributed by atoms with Crippen LogP contribution in [-0.2, 0) is 11.3 Å². The molecule has 0 spiro atoms. The fraction of sp³-hybridized carbons (Fsp3) is 0.462. The maximum atomic E-state index is 8.76. The van der Waals surface area contributed by atoms with E-state index in [4.69, 9.17) is 10.00 Å². The molecule has 16 heavy (non-hydrogen) atoms. The van der Waals surface area contributed by atoms with Crippen LogP contribution in [0.4, 0.5) is 0 Å². The average Bonchev–Trinajstić information content (AvgIpc) is 2.82. The Morgan fingerprint density at radius 3 is 3.19 bits per heavy atom. The topological polar surface area (TPSA) is 45.0 Å². The first-order valence-corrected chi connectivity index (χ1v) is 5.68. The molecule has 1 aromatic carbocycles. The van der Waals surface area contributed by atoms with Gasteiger partial charge in [-0.25, -0.2) is 0 Å². The minimum absolute atomic E-state index is 0.513. The first-order chi connectivity index (χ1) is 7.88. The molecule has 1 atom stereocenters. The number of hydrogen-bond acceptors (Lipinski definition) is 3. The SMILES string of the molecule is N#Cc1cccc(COCC2CCCN2)c1. The molecule has 0 aliphatic carbocycles. The maximum Gasteiger partial charge on any atom is 0.0991 e. The zero-order valence-corrected chi connectivity index (χ0v) is 9.28.